The van der Waals surface area contributed by atoms with Crippen molar-refractivity contribution in [2.24, 2.45) is 10.9 Å². The lowest BCUT2D eigenvalue weighted by molar-refractivity contribution is -0.120. The quantitative estimate of drug-likeness (QED) is 0.804. The number of aliphatic imine (C=N–C) groups is 1. The van der Waals surface area contributed by atoms with Crippen molar-refractivity contribution in [2.75, 3.05) is 4.90 Å². The Labute approximate surface area is 142 Å². The van der Waals surface area contributed by atoms with Crippen LogP contribution in [0.3, 0.4) is 0 Å². The molecular formula is C21H20N2O. The highest BCUT2D eigenvalue weighted by Gasteiger charge is 2.36. The van der Waals surface area contributed by atoms with E-state index >= 15 is 0 Å². The van der Waals surface area contributed by atoms with Crippen LogP contribution >= 0.6 is 0 Å². The zero-order valence-corrected chi connectivity index (χ0v) is 13.6. The van der Waals surface area contributed by atoms with E-state index in [2.05, 4.69) is 18.7 Å². The minimum absolute atomic E-state index is 0.0511. The second kappa shape index (κ2) is 6.08. The molecule has 1 aliphatic heterocycles. The molecule has 0 bridgehead atoms. The number of carbonyl (C=O) groups excluding carboxylic acids is 1. The van der Waals surface area contributed by atoms with Gasteiger partial charge in [-0.1, -0.05) is 49.1 Å². The molecule has 4 rings (SSSR count). The summed E-state index contributed by atoms with van der Waals surface area (Å²) in [5, 5.41) is 0. The number of nitrogens with zero attached hydrogens (tertiary/aromatic N) is 2. The third-order valence-electron chi connectivity index (χ3n) is 4.88. The SMILES string of the molecule is C=Cc1ccc(CN2C(=O)C3CCCC3=Nc3ccccc32)cc1. The highest BCUT2D eigenvalue weighted by molar-refractivity contribution is 6.14. The van der Waals surface area contributed by atoms with Crippen molar-refractivity contribution in [3.63, 3.8) is 0 Å². The third kappa shape index (κ3) is 2.56. The molecule has 3 nitrogen and oxygen atoms in total. The predicted octanol–water partition coefficient (Wildman–Crippen LogP) is 4.75. The lowest BCUT2D eigenvalue weighted by atomic mass is 10.0. The summed E-state index contributed by atoms with van der Waals surface area (Å²) in [7, 11) is 0. The number of benzene rings is 2. The molecule has 0 aromatic heterocycles. The van der Waals surface area contributed by atoms with Crippen molar-refractivity contribution in [3.8, 4) is 0 Å². The number of hydrogen-bond acceptors (Lipinski definition) is 2. The molecule has 1 fully saturated rings. The first-order valence-corrected chi connectivity index (χ1v) is 8.45. The fourth-order valence-corrected chi connectivity index (χ4v) is 3.58. The number of anilines is 1. The Morgan fingerprint density at radius 3 is 2.75 bits per heavy atom. The van der Waals surface area contributed by atoms with E-state index in [1.165, 1.54) is 0 Å². The molecule has 0 spiro atoms. The topological polar surface area (TPSA) is 32.7 Å². The van der Waals surface area contributed by atoms with E-state index < -0.39 is 0 Å². The molecule has 24 heavy (non-hydrogen) atoms. The predicted molar refractivity (Wildman–Crippen MR) is 98.6 cm³/mol. The Morgan fingerprint density at radius 1 is 1.17 bits per heavy atom. The second-order valence-electron chi connectivity index (χ2n) is 6.41. The minimum atomic E-state index is -0.0511. The van der Waals surface area contributed by atoms with Gasteiger partial charge in [-0.25, -0.2) is 0 Å². The Balaban J connectivity index is 1.73. The van der Waals surface area contributed by atoms with Gasteiger partial charge in [-0.15, -0.1) is 0 Å². The summed E-state index contributed by atoms with van der Waals surface area (Å²) >= 11 is 0. The summed E-state index contributed by atoms with van der Waals surface area (Å²) in [6.45, 7) is 4.36. The molecule has 0 saturated heterocycles. The van der Waals surface area contributed by atoms with Gasteiger partial charge in [0, 0.05) is 5.71 Å². The van der Waals surface area contributed by atoms with E-state index in [9.17, 15) is 4.79 Å². The van der Waals surface area contributed by atoms with Crippen molar-refractivity contribution >= 4 is 29.1 Å². The van der Waals surface area contributed by atoms with E-state index in [0.717, 1.165) is 47.5 Å². The molecule has 3 heteroatoms. The van der Waals surface area contributed by atoms with Gasteiger partial charge in [0.05, 0.1) is 23.8 Å². The van der Waals surface area contributed by atoms with Gasteiger partial charge in [-0.05, 0) is 42.5 Å². The number of hydrogen-bond donors (Lipinski definition) is 0. The van der Waals surface area contributed by atoms with Crippen molar-refractivity contribution in [1.29, 1.82) is 0 Å². The lowest BCUT2D eigenvalue weighted by Gasteiger charge is -2.25. The summed E-state index contributed by atoms with van der Waals surface area (Å²) in [6.07, 6.45) is 4.73. The molecule has 0 N–H and O–H groups in total. The van der Waals surface area contributed by atoms with E-state index in [-0.39, 0.29) is 11.8 Å². The normalized spacial score (nSPS) is 19.3. The van der Waals surface area contributed by atoms with Crippen molar-refractivity contribution < 1.29 is 4.79 Å². The van der Waals surface area contributed by atoms with E-state index in [4.69, 9.17) is 4.99 Å². The second-order valence-corrected chi connectivity index (χ2v) is 6.41. The summed E-state index contributed by atoms with van der Waals surface area (Å²) in [5.41, 5.74) is 5.08. The van der Waals surface area contributed by atoms with Gasteiger partial charge in [0.1, 0.15) is 0 Å². The maximum absolute atomic E-state index is 13.1. The molecule has 1 saturated carbocycles. The van der Waals surface area contributed by atoms with Gasteiger partial charge in [-0.3, -0.25) is 9.79 Å². The summed E-state index contributed by atoms with van der Waals surface area (Å²) < 4.78 is 0. The monoisotopic (exact) mass is 316 g/mol. The van der Waals surface area contributed by atoms with Crippen molar-refractivity contribution in [3.05, 3.63) is 66.2 Å². The molecule has 2 aromatic carbocycles. The third-order valence-corrected chi connectivity index (χ3v) is 4.88. The van der Waals surface area contributed by atoms with Crippen LogP contribution in [-0.2, 0) is 11.3 Å². The zero-order chi connectivity index (χ0) is 16.5. The highest BCUT2D eigenvalue weighted by Crippen LogP contribution is 2.38. The maximum atomic E-state index is 13.1. The van der Waals surface area contributed by atoms with E-state index in [1.54, 1.807) is 0 Å². The van der Waals surface area contributed by atoms with Crippen molar-refractivity contribution in [1.82, 2.24) is 0 Å². The van der Waals surface area contributed by atoms with Crippen LogP contribution in [0.2, 0.25) is 0 Å². The molecule has 0 radical (unpaired) electrons. The summed E-state index contributed by atoms with van der Waals surface area (Å²) in [4.78, 5) is 19.9. The van der Waals surface area contributed by atoms with Gasteiger partial charge in [0.25, 0.3) is 0 Å². The first-order valence-electron chi connectivity index (χ1n) is 8.45. The Kier molecular flexibility index (Phi) is 3.77. The average molecular weight is 316 g/mol. The molecular weight excluding hydrogens is 296 g/mol. The van der Waals surface area contributed by atoms with Crippen LogP contribution in [-0.4, -0.2) is 11.6 Å². The standard InChI is InChI=1S/C21H20N2O/c1-2-15-10-12-16(13-11-15)14-23-20-9-4-3-7-19(20)22-18-8-5-6-17(18)21(23)24/h2-4,7,9-13,17H,1,5-6,8,14H2. The Bertz CT molecular complexity index is 820. The lowest BCUT2D eigenvalue weighted by Crippen LogP contribution is -2.36. The highest BCUT2D eigenvalue weighted by atomic mass is 16.2. The minimum Gasteiger partial charge on any atom is -0.305 e. The Hall–Kier alpha value is -2.68. The van der Waals surface area contributed by atoms with Gasteiger partial charge in [0.2, 0.25) is 5.91 Å². The summed E-state index contributed by atoms with van der Waals surface area (Å²) in [5.74, 6) is 0.133. The zero-order valence-electron chi connectivity index (χ0n) is 13.6. The average Bonchev–Trinajstić information content (AvgIpc) is 3.05. The van der Waals surface area contributed by atoms with Gasteiger partial charge in [0.15, 0.2) is 0 Å². The van der Waals surface area contributed by atoms with Gasteiger partial charge < -0.3 is 4.90 Å². The van der Waals surface area contributed by atoms with Crippen LogP contribution in [0, 0.1) is 5.92 Å². The number of fused-ring (bicyclic) bond motifs is 2. The fourth-order valence-electron chi connectivity index (χ4n) is 3.58. The smallest absolute Gasteiger partial charge is 0.236 e. The van der Waals surface area contributed by atoms with Crippen LogP contribution in [0.15, 0.2) is 60.1 Å². The number of para-hydroxylation sites is 2. The molecule has 2 aliphatic rings. The first kappa shape index (κ1) is 14.9. The van der Waals surface area contributed by atoms with E-state index in [1.807, 2.05) is 47.4 Å². The molecule has 120 valence electrons. The van der Waals surface area contributed by atoms with Gasteiger partial charge in [-0.2, -0.15) is 0 Å². The maximum Gasteiger partial charge on any atom is 0.236 e. The molecule has 1 heterocycles. The molecule has 1 amide bonds. The Morgan fingerprint density at radius 2 is 1.96 bits per heavy atom. The van der Waals surface area contributed by atoms with Crippen LogP contribution in [0.5, 0.6) is 0 Å². The number of amides is 1. The van der Waals surface area contributed by atoms with E-state index in [0.29, 0.717) is 6.54 Å². The van der Waals surface area contributed by atoms with Gasteiger partial charge >= 0.3 is 0 Å². The molecule has 1 aliphatic carbocycles. The number of carbonyl (C=O) groups is 1. The first-order chi connectivity index (χ1) is 11.8. The fraction of sp³-hybridized carbons (Fsp3) is 0.238. The van der Waals surface area contributed by atoms with Crippen LogP contribution in [0.1, 0.15) is 30.4 Å². The molecule has 1 atom stereocenters. The number of rotatable bonds is 3. The largest absolute Gasteiger partial charge is 0.305 e. The van der Waals surface area contributed by atoms with Crippen LogP contribution in [0.25, 0.3) is 6.08 Å². The van der Waals surface area contributed by atoms with Crippen LogP contribution in [0.4, 0.5) is 11.4 Å². The van der Waals surface area contributed by atoms with Crippen molar-refractivity contribution in [2.45, 2.75) is 25.8 Å². The van der Waals surface area contributed by atoms with Crippen LogP contribution < -0.4 is 4.90 Å². The molecule has 1 unspecified atom stereocenters. The summed E-state index contributed by atoms with van der Waals surface area (Å²) in [6, 6.07) is 16.2. The molecule has 2 aromatic rings.